The number of hydrogen-bond donors (Lipinski definition) is 6. The fourth-order valence-corrected chi connectivity index (χ4v) is 13.4. The van der Waals surface area contributed by atoms with Crippen LogP contribution in [0.25, 0.3) is 0 Å². The van der Waals surface area contributed by atoms with Crippen molar-refractivity contribution in [2.24, 2.45) is 5.92 Å². The van der Waals surface area contributed by atoms with Crippen LogP contribution in [-0.4, -0.2) is 222 Å². The molecule has 5 rings (SSSR count). The highest BCUT2D eigenvalue weighted by Gasteiger charge is 2.40. The van der Waals surface area contributed by atoms with E-state index in [9.17, 15) is 43.2 Å². The highest BCUT2D eigenvalue weighted by atomic mass is 33.1. The quantitative estimate of drug-likeness (QED) is 0.0259. The SMILES string of the molecule is C=CCOC(=O)N[C@@H](CSSC(C)(C)C)C(=O)NCCCC[C@@H]1NC(=O)[C@H](Cc2ccccc2)N(C)C(=O)COC(=O)[C@H](Cc2ccccc2)NC(=O)[C@H](C)N(C)C(=O)[C@H](C)NC(=O)[C@H](Cc2ccccc2)N(C)C(=O)CN(C)C(=O)[C@H](Cc2ccccc2)NC(=O)C(CC(C)C)N(C)C1=O. The highest BCUT2D eigenvalue weighted by molar-refractivity contribution is 8.77. The molecule has 27 heteroatoms. The molecule has 0 aromatic heterocycles. The third-order valence-electron chi connectivity index (χ3n) is 16.9. The molecule has 0 radical (unpaired) electrons. The Balaban J connectivity index is 1.59. The Morgan fingerprint density at radius 3 is 1.58 bits per heavy atom. The lowest BCUT2D eigenvalue weighted by molar-refractivity contribution is -0.156. The third kappa shape index (κ3) is 27.0. The normalized spacial score (nSPS) is 21.6. The van der Waals surface area contributed by atoms with E-state index in [2.05, 4.69) is 38.5 Å². The average Bonchev–Trinajstić information content (AvgIpc) is 0.836. The van der Waals surface area contributed by atoms with E-state index >= 15 is 14.4 Å². The average molecular weight is 1430 g/mol. The molecule has 11 amide bonds. The fourth-order valence-electron chi connectivity index (χ4n) is 10.9. The Kier molecular flexibility index (Phi) is 33.4. The van der Waals surface area contributed by atoms with E-state index in [1.165, 1.54) is 86.5 Å². The minimum Gasteiger partial charge on any atom is -0.454 e. The standard InChI is InChI=1S/C74H101N11O14S2/c1-14-39-98-73(97)80-58(47-100-101-74(6,7)8)65(89)75-38-28-27-37-55-71(95)85(13)59(40-48(2)3)67(91)78-56(41-51-29-19-15-20-30-51)70(94)81(9)45-62(86)83(11)60(43-53-33-23-17-24-34-53)66(90)76-49(4)69(93)82(10)50(5)64(88)79-57(42-52-31-21-16-22-32-52)72(96)99-46-63(87)84(12)61(68(92)77-55)44-54-35-25-18-26-36-54/h14-26,29-36,48-50,55-61H,1,27-28,37-47H2,2-13H3,(H,75,89)(H,76,90)(H,77,92)(H,78,91)(H,79,88)(H,80,97)/t49-,50-,55-,56-,57-,58-,59?,60-,61-/m0/s1. The van der Waals surface area contributed by atoms with E-state index in [-0.39, 0.29) is 80.9 Å². The smallest absolute Gasteiger partial charge is 0.408 e. The molecule has 1 aliphatic heterocycles. The van der Waals surface area contributed by atoms with Crippen molar-refractivity contribution in [3.8, 4) is 0 Å². The summed E-state index contributed by atoms with van der Waals surface area (Å²) in [6.45, 7) is 14.6. The first-order chi connectivity index (χ1) is 47.9. The van der Waals surface area contributed by atoms with Crippen molar-refractivity contribution >= 4 is 92.7 Å². The number of unbranched alkanes of at least 4 members (excludes halogenated alkanes) is 1. The van der Waals surface area contributed by atoms with Crippen LogP contribution in [0.2, 0.25) is 0 Å². The van der Waals surface area contributed by atoms with Gasteiger partial charge < -0.3 is 65.9 Å². The van der Waals surface area contributed by atoms with Crippen molar-refractivity contribution in [2.75, 3.05) is 67.3 Å². The van der Waals surface area contributed by atoms with Gasteiger partial charge in [0.25, 0.3) is 5.91 Å². The van der Waals surface area contributed by atoms with Gasteiger partial charge in [0, 0.05) is 78.0 Å². The minimum absolute atomic E-state index is 0.0247. The van der Waals surface area contributed by atoms with E-state index in [1.54, 1.807) is 121 Å². The van der Waals surface area contributed by atoms with Crippen LogP contribution in [0.4, 0.5) is 4.79 Å². The van der Waals surface area contributed by atoms with Gasteiger partial charge in [0.05, 0.1) is 6.54 Å². The predicted octanol–water partition coefficient (Wildman–Crippen LogP) is 5.05. The number of rotatable bonds is 22. The van der Waals surface area contributed by atoms with Crippen LogP contribution in [0.3, 0.4) is 0 Å². The van der Waals surface area contributed by atoms with Crippen LogP contribution in [0.1, 0.15) is 96.4 Å². The molecule has 548 valence electrons. The van der Waals surface area contributed by atoms with Crippen molar-refractivity contribution < 1.29 is 67.0 Å². The summed E-state index contributed by atoms with van der Waals surface area (Å²) in [4.78, 5) is 179. The maximum atomic E-state index is 15.5. The molecule has 1 heterocycles. The van der Waals surface area contributed by atoms with E-state index in [1.807, 2.05) is 34.6 Å². The molecule has 6 N–H and O–H groups in total. The van der Waals surface area contributed by atoms with Crippen LogP contribution >= 0.6 is 21.6 Å². The second-order valence-corrected chi connectivity index (χ2v) is 29.8. The summed E-state index contributed by atoms with van der Waals surface area (Å²) in [5.41, 5.74) is 2.51. The van der Waals surface area contributed by atoms with Crippen LogP contribution in [0.5, 0.6) is 0 Å². The molecule has 101 heavy (non-hydrogen) atoms. The van der Waals surface area contributed by atoms with Crippen molar-refractivity contribution in [3.05, 3.63) is 156 Å². The monoisotopic (exact) mass is 1430 g/mol. The van der Waals surface area contributed by atoms with Crippen LogP contribution < -0.4 is 31.9 Å². The van der Waals surface area contributed by atoms with Gasteiger partial charge in [-0.15, -0.1) is 0 Å². The second kappa shape index (κ2) is 40.9. The zero-order chi connectivity index (χ0) is 74.5. The van der Waals surface area contributed by atoms with E-state index in [0.29, 0.717) is 22.3 Å². The number of hydrogen-bond acceptors (Lipinski definition) is 16. The molecule has 0 spiro atoms. The lowest BCUT2D eigenvalue weighted by Crippen LogP contribution is -2.60. The Hall–Kier alpha value is -9.24. The third-order valence-corrected chi connectivity index (χ3v) is 20.3. The Labute approximate surface area is 601 Å². The number of nitrogens with zero attached hydrogens (tertiary/aromatic N) is 5. The van der Waals surface area contributed by atoms with Crippen LogP contribution in [0.15, 0.2) is 134 Å². The molecule has 4 aromatic rings. The second-order valence-electron chi connectivity index (χ2n) is 26.6. The molecule has 0 aliphatic carbocycles. The molecule has 4 aromatic carbocycles. The number of alkyl carbamates (subject to hydrolysis) is 1. The molecule has 1 unspecified atom stereocenters. The zero-order valence-electron chi connectivity index (χ0n) is 60.1. The first-order valence-corrected chi connectivity index (χ1v) is 36.2. The number of cyclic esters (lactones) is 1. The lowest BCUT2D eigenvalue weighted by atomic mass is 9.98. The summed E-state index contributed by atoms with van der Waals surface area (Å²) in [6.07, 6.45) is 0.688. The molecule has 1 aliphatic rings. The Bertz CT molecular complexity index is 3440. The summed E-state index contributed by atoms with van der Waals surface area (Å²) in [6, 6.07) is 23.4. The van der Waals surface area contributed by atoms with Crippen molar-refractivity contribution in [2.45, 2.75) is 159 Å². The molecule has 1 saturated heterocycles. The number of carbonyl (C=O) groups excluding carboxylic acids is 12. The molecule has 0 saturated carbocycles. The van der Waals surface area contributed by atoms with Crippen molar-refractivity contribution in [3.63, 3.8) is 0 Å². The maximum Gasteiger partial charge on any atom is 0.408 e. The predicted molar refractivity (Wildman–Crippen MR) is 389 cm³/mol. The molecule has 9 atom stereocenters. The molecular formula is C74H101N11O14S2. The molecule has 1 fully saturated rings. The molecular weight excluding hydrogens is 1330 g/mol. The number of amides is 11. The topological polar surface area (TPSA) is 312 Å². The van der Waals surface area contributed by atoms with E-state index in [0.717, 1.165) is 14.7 Å². The molecule has 25 nitrogen and oxygen atoms in total. The van der Waals surface area contributed by atoms with Crippen LogP contribution in [-0.2, 0) is 87.9 Å². The largest absolute Gasteiger partial charge is 0.454 e. The number of nitrogens with one attached hydrogen (secondary N) is 6. The van der Waals surface area contributed by atoms with Gasteiger partial charge in [-0.05, 0) is 67.7 Å². The first kappa shape index (κ1) is 82.4. The maximum absolute atomic E-state index is 15.5. The summed E-state index contributed by atoms with van der Waals surface area (Å²) in [7, 11) is 9.80. The summed E-state index contributed by atoms with van der Waals surface area (Å²) < 4.78 is 10.6. The fraction of sp³-hybridized carbons (Fsp3) is 0.486. The number of benzene rings is 4. The van der Waals surface area contributed by atoms with E-state index < -0.39 is 139 Å². The summed E-state index contributed by atoms with van der Waals surface area (Å²) in [5, 5.41) is 16.7. The highest BCUT2D eigenvalue weighted by Crippen LogP contribution is 2.35. The number of carbonyl (C=O) groups is 12. The number of likely N-dealkylation sites (N-methyl/N-ethyl adjacent to an activating group) is 5. The van der Waals surface area contributed by atoms with Gasteiger partial charge in [-0.2, -0.15) is 0 Å². The van der Waals surface area contributed by atoms with Gasteiger partial charge in [0.2, 0.25) is 53.2 Å². The number of esters is 1. The first-order valence-electron chi connectivity index (χ1n) is 33.8. The minimum atomic E-state index is -1.43. The summed E-state index contributed by atoms with van der Waals surface area (Å²) in [5.74, 6) is -8.30. The van der Waals surface area contributed by atoms with Crippen LogP contribution in [0, 0.1) is 5.92 Å². The number of ether oxygens (including phenoxy) is 2. The van der Waals surface area contributed by atoms with Gasteiger partial charge in [-0.3, -0.25) is 47.9 Å². The van der Waals surface area contributed by atoms with Gasteiger partial charge >= 0.3 is 12.1 Å². The van der Waals surface area contributed by atoms with E-state index in [4.69, 9.17) is 9.47 Å². The van der Waals surface area contributed by atoms with Gasteiger partial charge in [0.15, 0.2) is 6.61 Å². The van der Waals surface area contributed by atoms with Crippen molar-refractivity contribution in [1.82, 2.24) is 56.4 Å². The van der Waals surface area contributed by atoms with Gasteiger partial charge in [-0.1, -0.05) is 190 Å². The van der Waals surface area contributed by atoms with Gasteiger partial charge in [-0.25, -0.2) is 9.59 Å². The summed E-state index contributed by atoms with van der Waals surface area (Å²) >= 11 is 0. The Morgan fingerprint density at radius 1 is 0.594 bits per heavy atom. The zero-order valence-corrected chi connectivity index (χ0v) is 61.7. The molecule has 0 bridgehead atoms. The Morgan fingerprint density at radius 2 is 1.07 bits per heavy atom. The van der Waals surface area contributed by atoms with Crippen molar-refractivity contribution in [1.29, 1.82) is 0 Å². The van der Waals surface area contributed by atoms with Gasteiger partial charge in [0.1, 0.15) is 61.0 Å². The lowest BCUT2D eigenvalue weighted by Gasteiger charge is -2.35.